The maximum Gasteiger partial charge on any atom is 0.262 e. The Morgan fingerprint density at radius 2 is 1.69 bits per heavy atom. The fourth-order valence-corrected chi connectivity index (χ4v) is 4.91. The summed E-state index contributed by atoms with van der Waals surface area (Å²) in [5, 5.41) is 5.92. The third-order valence-corrected chi connectivity index (χ3v) is 7.01. The van der Waals surface area contributed by atoms with Gasteiger partial charge < -0.3 is 9.64 Å². The van der Waals surface area contributed by atoms with E-state index in [1.165, 1.54) is 40.2 Å². The van der Waals surface area contributed by atoms with Gasteiger partial charge >= 0.3 is 0 Å². The SMILES string of the molecule is O=C(c1cccc(F)c1)N(CCN1CCOCC1)CC(=O)N1N=C(c2ccccc2F)CC1c1ccccc1. The zero-order valence-electron chi connectivity index (χ0n) is 21.5. The number of carbonyl (C=O) groups is 2. The van der Waals surface area contributed by atoms with Crippen LogP contribution in [0.2, 0.25) is 0 Å². The van der Waals surface area contributed by atoms with Gasteiger partial charge in [-0.3, -0.25) is 14.5 Å². The van der Waals surface area contributed by atoms with E-state index in [2.05, 4.69) is 10.0 Å². The summed E-state index contributed by atoms with van der Waals surface area (Å²) in [4.78, 5) is 30.8. The van der Waals surface area contributed by atoms with Crippen LogP contribution in [0.1, 0.15) is 33.9 Å². The van der Waals surface area contributed by atoms with Gasteiger partial charge in [-0.1, -0.05) is 54.6 Å². The number of nitrogens with zero attached hydrogens (tertiary/aromatic N) is 4. The number of rotatable bonds is 8. The van der Waals surface area contributed by atoms with Gasteiger partial charge in [-0.2, -0.15) is 5.10 Å². The van der Waals surface area contributed by atoms with E-state index in [1.54, 1.807) is 18.2 Å². The average Bonchev–Trinajstić information content (AvgIpc) is 3.41. The zero-order chi connectivity index (χ0) is 27.2. The van der Waals surface area contributed by atoms with Crippen LogP contribution in [-0.4, -0.2) is 78.3 Å². The molecule has 5 rings (SSSR count). The first-order valence-electron chi connectivity index (χ1n) is 13.0. The quantitative estimate of drug-likeness (QED) is 0.438. The van der Waals surface area contributed by atoms with Gasteiger partial charge in [0.05, 0.1) is 25.0 Å². The predicted molar refractivity (Wildman–Crippen MR) is 143 cm³/mol. The van der Waals surface area contributed by atoms with E-state index in [0.717, 1.165) is 18.7 Å². The zero-order valence-corrected chi connectivity index (χ0v) is 21.5. The van der Waals surface area contributed by atoms with Crippen LogP contribution >= 0.6 is 0 Å². The molecule has 0 spiro atoms. The number of morpholine rings is 1. The standard InChI is InChI=1S/C30H30F2N4O3/c31-24-10-6-9-23(19-24)30(38)35(14-13-34-15-17-39-18-16-34)21-29(37)36-28(22-7-2-1-3-8-22)20-27(33-36)25-11-4-5-12-26(25)32/h1-12,19,28H,13-18,20-21H2. The minimum Gasteiger partial charge on any atom is -0.379 e. The van der Waals surface area contributed by atoms with E-state index in [-0.39, 0.29) is 18.7 Å². The Bertz CT molecular complexity index is 1340. The number of carbonyl (C=O) groups excluding carboxylic acids is 2. The smallest absolute Gasteiger partial charge is 0.262 e. The highest BCUT2D eigenvalue weighted by Crippen LogP contribution is 2.33. The third-order valence-electron chi connectivity index (χ3n) is 7.01. The molecule has 202 valence electrons. The summed E-state index contributed by atoms with van der Waals surface area (Å²) in [6.07, 6.45) is 0.336. The van der Waals surface area contributed by atoms with Gasteiger partial charge in [0.1, 0.15) is 18.2 Å². The highest BCUT2D eigenvalue weighted by atomic mass is 19.1. The molecule has 0 aliphatic carbocycles. The van der Waals surface area contributed by atoms with Crippen molar-refractivity contribution in [2.75, 3.05) is 45.9 Å². The summed E-state index contributed by atoms with van der Waals surface area (Å²) in [5.41, 5.74) is 1.83. The molecule has 7 nitrogen and oxygen atoms in total. The summed E-state index contributed by atoms with van der Waals surface area (Å²) in [7, 11) is 0. The number of hydrogen-bond donors (Lipinski definition) is 0. The van der Waals surface area contributed by atoms with Gasteiger partial charge in [-0.05, 0) is 29.8 Å². The summed E-state index contributed by atoms with van der Waals surface area (Å²) in [6.45, 7) is 3.24. The second kappa shape index (κ2) is 12.3. The molecule has 0 saturated carbocycles. The van der Waals surface area contributed by atoms with Crippen molar-refractivity contribution < 1.29 is 23.1 Å². The molecule has 2 aliphatic heterocycles. The molecule has 1 unspecified atom stereocenters. The molecule has 1 atom stereocenters. The van der Waals surface area contributed by atoms with Crippen LogP contribution in [0.25, 0.3) is 0 Å². The van der Waals surface area contributed by atoms with Gasteiger partial charge in [0.25, 0.3) is 11.8 Å². The minimum absolute atomic E-state index is 0.168. The lowest BCUT2D eigenvalue weighted by Crippen LogP contribution is -2.46. The van der Waals surface area contributed by atoms with Gasteiger partial charge in [0.15, 0.2) is 0 Å². The fraction of sp³-hybridized carbons (Fsp3) is 0.300. The topological polar surface area (TPSA) is 65.5 Å². The van der Waals surface area contributed by atoms with E-state index >= 15 is 0 Å². The van der Waals surface area contributed by atoms with Gasteiger partial charge in [-0.25, -0.2) is 13.8 Å². The Kier molecular flexibility index (Phi) is 8.39. The predicted octanol–water partition coefficient (Wildman–Crippen LogP) is 4.12. The maximum atomic E-state index is 14.6. The van der Waals surface area contributed by atoms with Crippen molar-refractivity contribution in [3.63, 3.8) is 0 Å². The summed E-state index contributed by atoms with van der Waals surface area (Å²) >= 11 is 0. The normalized spacial score (nSPS) is 17.6. The van der Waals surface area contributed by atoms with Crippen molar-refractivity contribution >= 4 is 17.5 Å². The van der Waals surface area contributed by atoms with Crippen LogP contribution < -0.4 is 0 Å². The molecular weight excluding hydrogens is 502 g/mol. The Morgan fingerprint density at radius 1 is 0.949 bits per heavy atom. The molecule has 2 heterocycles. The largest absolute Gasteiger partial charge is 0.379 e. The highest BCUT2D eigenvalue weighted by molar-refractivity contribution is 6.04. The first-order chi connectivity index (χ1) is 19.0. The van der Waals surface area contributed by atoms with Crippen molar-refractivity contribution in [2.24, 2.45) is 5.10 Å². The number of benzene rings is 3. The van der Waals surface area contributed by atoms with Crippen molar-refractivity contribution in [2.45, 2.75) is 12.5 Å². The first-order valence-corrected chi connectivity index (χ1v) is 13.0. The van der Waals surface area contributed by atoms with E-state index in [0.29, 0.717) is 37.5 Å². The van der Waals surface area contributed by atoms with Crippen LogP contribution in [0.5, 0.6) is 0 Å². The van der Waals surface area contributed by atoms with E-state index in [4.69, 9.17) is 4.74 Å². The van der Waals surface area contributed by atoms with Crippen molar-refractivity contribution in [3.05, 3.63) is 107 Å². The van der Waals surface area contributed by atoms with E-state index in [9.17, 15) is 18.4 Å². The summed E-state index contributed by atoms with van der Waals surface area (Å²) in [6, 6.07) is 20.8. The lowest BCUT2D eigenvalue weighted by molar-refractivity contribution is -0.133. The van der Waals surface area contributed by atoms with Crippen LogP contribution in [0.15, 0.2) is 84.0 Å². The molecule has 0 radical (unpaired) electrons. The van der Waals surface area contributed by atoms with Crippen molar-refractivity contribution in [3.8, 4) is 0 Å². The molecule has 3 aromatic carbocycles. The fourth-order valence-electron chi connectivity index (χ4n) is 4.91. The van der Waals surface area contributed by atoms with Crippen molar-refractivity contribution in [1.82, 2.24) is 14.8 Å². The molecule has 0 aromatic heterocycles. The van der Waals surface area contributed by atoms with Crippen LogP contribution in [0.4, 0.5) is 8.78 Å². The monoisotopic (exact) mass is 532 g/mol. The molecular formula is C30H30F2N4O3. The molecule has 1 saturated heterocycles. The third kappa shape index (κ3) is 6.38. The number of halogens is 2. The second-order valence-corrected chi connectivity index (χ2v) is 9.59. The van der Waals surface area contributed by atoms with Gasteiger partial charge in [0, 0.05) is 43.7 Å². The lowest BCUT2D eigenvalue weighted by atomic mass is 9.98. The number of amides is 2. The second-order valence-electron chi connectivity index (χ2n) is 9.59. The Morgan fingerprint density at radius 3 is 2.44 bits per heavy atom. The molecule has 0 N–H and O–H groups in total. The highest BCUT2D eigenvalue weighted by Gasteiger charge is 2.35. The van der Waals surface area contributed by atoms with Crippen molar-refractivity contribution in [1.29, 1.82) is 0 Å². The van der Waals surface area contributed by atoms with Crippen LogP contribution in [0, 0.1) is 11.6 Å². The van der Waals surface area contributed by atoms with Gasteiger partial charge in [-0.15, -0.1) is 0 Å². The molecule has 9 heteroatoms. The average molecular weight is 533 g/mol. The molecule has 39 heavy (non-hydrogen) atoms. The maximum absolute atomic E-state index is 14.6. The molecule has 3 aromatic rings. The number of hydrazone groups is 1. The molecule has 0 bridgehead atoms. The van der Waals surface area contributed by atoms with E-state index < -0.39 is 29.5 Å². The Hall–Kier alpha value is -3.95. The Balaban J connectivity index is 1.41. The summed E-state index contributed by atoms with van der Waals surface area (Å²) in [5.74, 6) is -1.78. The molecule has 2 aliphatic rings. The van der Waals surface area contributed by atoms with E-state index in [1.807, 2.05) is 30.3 Å². The minimum atomic E-state index is -0.525. The summed E-state index contributed by atoms with van der Waals surface area (Å²) < 4.78 is 34.0. The lowest BCUT2D eigenvalue weighted by Gasteiger charge is -2.31. The first kappa shape index (κ1) is 26.6. The van der Waals surface area contributed by atoms with Crippen LogP contribution in [0.3, 0.4) is 0 Å². The Labute approximate surface area is 226 Å². The molecule has 2 amide bonds. The van der Waals surface area contributed by atoms with Crippen LogP contribution in [-0.2, 0) is 9.53 Å². The number of hydrogen-bond acceptors (Lipinski definition) is 5. The molecule has 1 fully saturated rings. The number of ether oxygens (including phenoxy) is 1. The van der Waals surface area contributed by atoms with Gasteiger partial charge in [0.2, 0.25) is 0 Å².